The zero-order valence-electron chi connectivity index (χ0n) is 10.1. The molecule has 1 unspecified atom stereocenters. The van der Waals surface area contributed by atoms with Crippen molar-refractivity contribution in [2.45, 2.75) is 25.7 Å². The second kappa shape index (κ2) is 4.08. The highest BCUT2D eigenvalue weighted by Gasteiger charge is 2.26. The van der Waals surface area contributed by atoms with Gasteiger partial charge in [-0.2, -0.15) is 0 Å². The largest absolute Gasteiger partial charge is 0.492 e. The zero-order valence-corrected chi connectivity index (χ0v) is 10.1. The number of nitrogens with two attached hydrogens (primary N) is 1. The number of nitrogens with one attached hydrogen (secondary N) is 1. The van der Waals surface area contributed by atoms with Crippen molar-refractivity contribution >= 4 is 10.9 Å². The third-order valence-electron chi connectivity index (χ3n) is 3.67. The van der Waals surface area contributed by atoms with E-state index in [2.05, 4.69) is 17.1 Å². The first-order valence-electron chi connectivity index (χ1n) is 6.31. The molecule has 2 aromatic rings. The molecule has 3 heteroatoms. The fraction of sp³-hybridized carbons (Fsp3) is 0.429. The number of ether oxygens (including phenoxy) is 1. The van der Waals surface area contributed by atoms with Gasteiger partial charge < -0.3 is 15.5 Å². The van der Waals surface area contributed by atoms with Crippen LogP contribution in [0.25, 0.3) is 10.9 Å². The molecular weight excluding hydrogens is 212 g/mol. The summed E-state index contributed by atoms with van der Waals surface area (Å²) in [7, 11) is 0. The van der Waals surface area contributed by atoms with Crippen molar-refractivity contribution in [1.29, 1.82) is 0 Å². The van der Waals surface area contributed by atoms with E-state index in [0.29, 0.717) is 12.5 Å². The minimum atomic E-state index is 0.492. The molecular formula is C14H18N2O. The van der Waals surface area contributed by atoms with E-state index in [1.807, 2.05) is 13.0 Å². The summed E-state index contributed by atoms with van der Waals surface area (Å²) in [6.45, 7) is 3.44. The number of aryl methyl sites for hydroxylation is 1. The normalized spacial score (nSPS) is 18.6. The molecule has 90 valence electrons. The Morgan fingerprint density at radius 3 is 3.12 bits per heavy atom. The average Bonchev–Trinajstić information content (AvgIpc) is 2.88. The number of hydrogen-bond donors (Lipinski definition) is 2. The molecule has 0 aliphatic heterocycles. The van der Waals surface area contributed by atoms with Crippen molar-refractivity contribution < 1.29 is 4.74 Å². The summed E-state index contributed by atoms with van der Waals surface area (Å²) in [6.07, 6.45) is 2.30. The molecule has 1 aliphatic carbocycles. The van der Waals surface area contributed by atoms with Gasteiger partial charge in [0.05, 0.1) is 12.1 Å². The molecule has 0 fully saturated rings. The Labute approximate surface area is 101 Å². The second-order valence-electron chi connectivity index (χ2n) is 4.60. The predicted octanol–water partition coefficient (Wildman–Crippen LogP) is 2.56. The molecule has 1 atom stereocenters. The van der Waals surface area contributed by atoms with E-state index < -0.39 is 0 Å². The van der Waals surface area contributed by atoms with E-state index in [9.17, 15) is 0 Å². The minimum absolute atomic E-state index is 0.492. The van der Waals surface area contributed by atoms with Gasteiger partial charge in [0.25, 0.3) is 0 Å². The fourth-order valence-electron chi connectivity index (χ4n) is 2.86. The molecule has 17 heavy (non-hydrogen) atoms. The first-order valence-corrected chi connectivity index (χ1v) is 6.31. The van der Waals surface area contributed by atoms with E-state index in [1.165, 1.54) is 23.1 Å². The number of aromatic nitrogens is 1. The van der Waals surface area contributed by atoms with E-state index in [1.54, 1.807) is 0 Å². The lowest BCUT2D eigenvalue weighted by Gasteiger charge is -2.06. The number of hydrogen-bond acceptors (Lipinski definition) is 2. The van der Waals surface area contributed by atoms with Gasteiger partial charge in [-0.05, 0) is 31.4 Å². The summed E-state index contributed by atoms with van der Waals surface area (Å²) >= 11 is 0. The molecule has 0 saturated carbocycles. The highest BCUT2D eigenvalue weighted by molar-refractivity contribution is 5.90. The van der Waals surface area contributed by atoms with Crippen LogP contribution in [0.4, 0.5) is 0 Å². The van der Waals surface area contributed by atoms with E-state index in [-0.39, 0.29) is 0 Å². The summed E-state index contributed by atoms with van der Waals surface area (Å²) < 4.78 is 5.66. The third kappa shape index (κ3) is 1.53. The van der Waals surface area contributed by atoms with Gasteiger partial charge in [-0.25, -0.2) is 0 Å². The maximum absolute atomic E-state index is 5.82. The van der Waals surface area contributed by atoms with Crippen LogP contribution in [0.5, 0.6) is 5.75 Å². The van der Waals surface area contributed by atoms with Crippen molar-refractivity contribution in [1.82, 2.24) is 4.98 Å². The van der Waals surface area contributed by atoms with E-state index in [0.717, 1.165) is 24.2 Å². The first-order chi connectivity index (χ1) is 8.35. The standard InChI is InChI=1S/C14H18N2O/c1-2-17-12-5-3-4-10-11-7-6-9(8-15)13(11)16-14(10)12/h3-5,9,16H,2,6-8,15H2,1H3. The molecule has 0 saturated heterocycles. The zero-order chi connectivity index (χ0) is 11.8. The maximum atomic E-state index is 5.82. The highest BCUT2D eigenvalue weighted by Crippen LogP contribution is 2.39. The van der Waals surface area contributed by atoms with Gasteiger partial charge in [0, 0.05) is 23.5 Å². The van der Waals surface area contributed by atoms with Crippen LogP contribution < -0.4 is 10.5 Å². The number of para-hydroxylation sites is 1. The second-order valence-corrected chi connectivity index (χ2v) is 4.60. The Morgan fingerprint density at radius 2 is 2.35 bits per heavy atom. The Bertz CT molecular complexity index is 544. The summed E-state index contributed by atoms with van der Waals surface area (Å²) in [6, 6.07) is 6.26. The lowest BCUT2D eigenvalue weighted by molar-refractivity contribution is 0.343. The van der Waals surface area contributed by atoms with Gasteiger partial charge in [-0.3, -0.25) is 0 Å². The quantitative estimate of drug-likeness (QED) is 0.851. The number of benzene rings is 1. The summed E-state index contributed by atoms with van der Waals surface area (Å²) in [5.74, 6) is 1.45. The molecule has 3 nitrogen and oxygen atoms in total. The summed E-state index contributed by atoms with van der Waals surface area (Å²) in [4.78, 5) is 3.53. The van der Waals surface area contributed by atoms with Crippen LogP contribution in [0.3, 0.4) is 0 Å². The Balaban J connectivity index is 2.18. The maximum Gasteiger partial charge on any atom is 0.143 e. The van der Waals surface area contributed by atoms with Crippen LogP contribution in [0, 0.1) is 0 Å². The molecule has 0 bridgehead atoms. The van der Waals surface area contributed by atoms with Crippen LogP contribution in [-0.4, -0.2) is 18.1 Å². The third-order valence-corrected chi connectivity index (χ3v) is 3.67. The molecule has 1 aromatic carbocycles. The predicted molar refractivity (Wildman–Crippen MR) is 69.6 cm³/mol. The van der Waals surface area contributed by atoms with Crippen molar-refractivity contribution in [3.05, 3.63) is 29.5 Å². The van der Waals surface area contributed by atoms with Crippen molar-refractivity contribution in [3.63, 3.8) is 0 Å². The minimum Gasteiger partial charge on any atom is -0.492 e. The number of fused-ring (bicyclic) bond motifs is 3. The molecule has 3 N–H and O–H groups in total. The number of H-pyrrole nitrogens is 1. The van der Waals surface area contributed by atoms with Crippen molar-refractivity contribution in [2.75, 3.05) is 13.2 Å². The van der Waals surface area contributed by atoms with Crippen LogP contribution >= 0.6 is 0 Å². The van der Waals surface area contributed by atoms with Gasteiger partial charge in [0.2, 0.25) is 0 Å². The Kier molecular flexibility index (Phi) is 2.56. The SMILES string of the molecule is CCOc1cccc2c3c([nH]c12)C(CN)CC3. The van der Waals surface area contributed by atoms with E-state index >= 15 is 0 Å². The lowest BCUT2D eigenvalue weighted by atomic mass is 10.1. The van der Waals surface area contributed by atoms with Crippen molar-refractivity contribution in [2.24, 2.45) is 5.73 Å². The Hall–Kier alpha value is -1.48. The van der Waals surface area contributed by atoms with E-state index in [4.69, 9.17) is 10.5 Å². The monoisotopic (exact) mass is 230 g/mol. The van der Waals surface area contributed by atoms with Gasteiger partial charge in [-0.1, -0.05) is 12.1 Å². The molecule has 0 amide bonds. The topological polar surface area (TPSA) is 51.0 Å². The lowest BCUT2D eigenvalue weighted by Crippen LogP contribution is -2.09. The number of aromatic amines is 1. The van der Waals surface area contributed by atoms with Gasteiger partial charge >= 0.3 is 0 Å². The van der Waals surface area contributed by atoms with Crippen molar-refractivity contribution in [3.8, 4) is 5.75 Å². The van der Waals surface area contributed by atoms with Gasteiger partial charge in [0.1, 0.15) is 5.75 Å². The molecule has 1 aromatic heterocycles. The molecule has 1 heterocycles. The molecule has 1 aliphatic rings. The van der Waals surface area contributed by atoms with Crippen LogP contribution in [0.2, 0.25) is 0 Å². The van der Waals surface area contributed by atoms with Crippen LogP contribution in [0.15, 0.2) is 18.2 Å². The first kappa shape index (κ1) is 10.7. The molecule has 0 spiro atoms. The number of rotatable bonds is 3. The summed E-state index contributed by atoms with van der Waals surface area (Å²) in [5.41, 5.74) is 9.72. The fourth-order valence-corrected chi connectivity index (χ4v) is 2.86. The average molecular weight is 230 g/mol. The highest BCUT2D eigenvalue weighted by atomic mass is 16.5. The Morgan fingerprint density at radius 1 is 1.47 bits per heavy atom. The molecule has 3 rings (SSSR count). The smallest absolute Gasteiger partial charge is 0.143 e. The van der Waals surface area contributed by atoms with Crippen LogP contribution in [0.1, 0.15) is 30.5 Å². The molecule has 0 radical (unpaired) electrons. The van der Waals surface area contributed by atoms with Gasteiger partial charge in [-0.15, -0.1) is 0 Å². The van der Waals surface area contributed by atoms with Crippen LogP contribution in [-0.2, 0) is 6.42 Å². The summed E-state index contributed by atoms with van der Waals surface area (Å²) in [5, 5.41) is 1.31. The van der Waals surface area contributed by atoms with Gasteiger partial charge in [0.15, 0.2) is 0 Å².